The molecule has 4 nitrogen and oxygen atoms in total. The van der Waals surface area contributed by atoms with E-state index in [0.29, 0.717) is 18.9 Å². The van der Waals surface area contributed by atoms with E-state index in [4.69, 9.17) is 0 Å². The molecule has 1 aliphatic heterocycles. The first-order chi connectivity index (χ1) is 10.4. The summed E-state index contributed by atoms with van der Waals surface area (Å²) in [4.78, 5) is 25.8. The molecule has 1 saturated heterocycles. The summed E-state index contributed by atoms with van der Waals surface area (Å²) >= 11 is 0. The van der Waals surface area contributed by atoms with Crippen molar-refractivity contribution in [2.45, 2.75) is 39.2 Å². The van der Waals surface area contributed by atoms with Crippen molar-refractivity contribution < 1.29 is 9.59 Å². The number of amides is 3. The van der Waals surface area contributed by atoms with E-state index in [1.807, 2.05) is 49.4 Å². The average Bonchev–Trinajstić information content (AvgIpc) is 2.70. The average molecular weight is 300 g/mol. The summed E-state index contributed by atoms with van der Waals surface area (Å²) in [6.45, 7) is 6.35. The van der Waals surface area contributed by atoms with Crippen molar-refractivity contribution in [2.75, 3.05) is 6.54 Å². The van der Waals surface area contributed by atoms with Gasteiger partial charge in [-0.05, 0) is 31.2 Å². The molecule has 1 N–H and O–H groups in total. The molecule has 0 aromatic heterocycles. The highest BCUT2D eigenvalue weighted by molar-refractivity contribution is 6.06. The van der Waals surface area contributed by atoms with E-state index >= 15 is 0 Å². The van der Waals surface area contributed by atoms with Crippen molar-refractivity contribution in [2.24, 2.45) is 5.92 Å². The lowest BCUT2D eigenvalue weighted by Crippen LogP contribution is -2.44. The molecule has 1 atom stereocenters. The molecule has 1 heterocycles. The van der Waals surface area contributed by atoms with Gasteiger partial charge in [-0.1, -0.05) is 56.3 Å². The molecule has 0 spiro atoms. The SMILES string of the molecule is CC(C)CCC1(C)NC(=O)N(C/C=C/c2ccccc2)C1=O. The first-order valence-corrected chi connectivity index (χ1v) is 7.78. The lowest BCUT2D eigenvalue weighted by molar-refractivity contribution is -0.130. The first-order valence-electron chi connectivity index (χ1n) is 7.78. The molecular formula is C18H24N2O2. The number of carbonyl (C=O) groups excluding carboxylic acids is 2. The molecule has 0 aliphatic carbocycles. The van der Waals surface area contributed by atoms with Crippen molar-refractivity contribution in [1.29, 1.82) is 0 Å². The fourth-order valence-electron chi connectivity index (χ4n) is 2.52. The second-order valence-corrected chi connectivity index (χ2v) is 6.42. The number of carbonyl (C=O) groups is 2. The van der Waals surface area contributed by atoms with Crippen LogP contribution in [0.25, 0.3) is 6.08 Å². The van der Waals surface area contributed by atoms with Crippen LogP contribution < -0.4 is 5.32 Å². The molecule has 2 rings (SSSR count). The van der Waals surface area contributed by atoms with Crippen LogP contribution in [0.1, 0.15) is 39.2 Å². The van der Waals surface area contributed by atoms with E-state index in [-0.39, 0.29) is 11.9 Å². The maximum Gasteiger partial charge on any atom is 0.325 e. The van der Waals surface area contributed by atoms with Crippen molar-refractivity contribution >= 4 is 18.0 Å². The Hall–Kier alpha value is -2.10. The molecule has 0 saturated carbocycles. The van der Waals surface area contributed by atoms with Gasteiger partial charge in [-0.25, -0.2) is 4.79 Å². The van der Waals surface area contributed by atoms with Crippen LogP contribution in [0.5, 0.6) is 0 Å². The molecular weight excluding hydrogens is 276 g/mol. The van der Waals surface area contributed by atoms with Gasteiger partial charge in [0.2, 0.25) is 0 Å². The number of benzene rings is 1. The molecule has 1 aromatic carbocycles. The standard InChI is InChI=1S/C18H24N2O2/c1-14(2)11-12-18(3)16(21)20(17(22)19-18)13-7-10-15-8-5-4-6-9-15/h4-10,14H,11-13H2,1-3H3,(H,19,22)/b10-7+. The summed E-state index contributed by atoms with van der Waals surface area (Å²) in [5.74, 6) is 0.379. The minimum Gasteiger partial charge on any atom is -0.323 e. The summed E-state index contributed by atoms with van der Waals surface area (Å²) in [5, 5.41) is 2.84. The van der Waals surface area contributed by atoms with Crippen LogP contribution >= 0.6 is 0 Å². The van der Waals surface area contributed by atoms with E-state index in [0.717, 1.165) is 12.0 Å². The number of nitrogens with zero attached hydrogens (tertiary/aromatic N) is 1. The molecule has 3 amide bonds. The van der Waals surface area contributed by atoms with E-state index in [2.05, 4.69) is 19.2 Å². The van der Waals surface area contributed by atoms with Crippen molar-refractivity contribution in [3.05, 3.63) is 42.0 Å². The lowest BCUT2D eigenvalue weighted by atomic mass is 9.92. The summed E-state index contributed by atoms with van der Waals surface area (Å²) < 4.78 is 0. The number of hydrogen-bond donors (Lipinski definition) is 1. The van der Waals surface area contributed by atoms with Gasteiger partial charge in [0.05, 0.1) is 0 Å². The van der Waals surface area contributed by atoms with E-state index in [1.165, 1.54) is 4.90 Å². The predicted octanol–water partition coefficient (Wildman–Crippen LogP) is 3.45. The van der Waals surface area contributed by atoms with Crippen molar-refractivity contribution in [1.82, 2.24) is 10.2 Å². The Bertz CT molecular complexity index is 566. The van der Waals surface area contributed by atoms with Gasteiger partial charge >= 0.3 is 6.03 Å². The Morgan fingerprint density at radius 2 is 1.91 bits per heavy atom. The third-order valence-electron chi connectivity index (χ3n) is 3.96. The molecule has 1 unspecified atom stereocenters. The van der Waals surface area contributed by atoms with Crippen LogP contribution in [-0.4, -0.2) is 28.9 Å². The highest BCUT2D eigenvalue weighted by atomic mass is 16.2. The topological polar surface area (TPSA) is 49.4 Å². The quantitative estimate of drug-likeness (QED) is 0.818. The third kappa shape index (κ3) is 3.75. The maximum absolute atomic E-state index is 12.5. The molecule has 1 fully saturated rings. The number of rotatable bonds is 6. The van der Waals surface area contributed by atoms with Crippen LogP contribution in [0, 0.1) is 5.92 Å². The van der Waals surface area contributed by atoms with Gasteiger partial charge in [0.25, 0.3) is 5.91 Å². The lowest BCUT2D eigenvalue weighted by Gasteiger charge is -2.22. The second-order valence-electron chi connectivity index (χ2n) is 6.42. The predicted molar refractivity (Wildman–Crippen MR) is 88.2 cm³/mol. The second kappa shape index (κ2) is 6.77. The number of imide groups is 1. The zero-order valence-electron chi connectivity index (χ0n) is 13.5. The first kappa shape index (κ1) is 16.3. The Kier molecular flexibility index (Phi) is 5.01. The van der Waals surface area contributed by atoms with Crippen LogP contribution in [0.3, 0.4) is 0 Å². The molecule has 118 valence electrons. The molecule has 0 radical (unpaired) electrons. The molecule has 0 bridgehead atoms. The summed E-state index contributed by atoms with van der Waals surface area (Å²) in [7, 11) is 0. The van der Waals surface area contributed by atoms with E-state index in [9.17, 15) is 9.59 Å². The fourth-order valence-corrected chi connectivity index (χ4v) is 2.52. The van der Waals surface area contributed by atoms with Crippen LogP contribution in [0.4, 0.5) is 4.79 Å². The Morgan fingerprint density at radius 1 is 1.23 bits per heavy atom. The van der Waals surface area contributed by atoms with Crippen LogP contribution in [-0.2, 0) is 4.79 Å². The molecule has 1 aromatic rings. The summed E-state index contributed by atoms with van der Waals surface area (Å²) in [6, 6.07) is 9.53. The highest BCUT2D eigenvalue weighted by Gasteiger charge is 2.46. The summed E-state index contributed by atoms with van der Waals surface area (Å²) in [6.07, 6.45) is 5.36. The zero-order valence-corrected chi connectivity index (χ0v) is 13.5. The van der Waals surface area contributed by atoms with Crippen LogP contribution in [0.2, 0.25) is 0 Å². The Morgan fingerprint density at radius 3 is 2.55 bits per heavy atom. The van der Waals surface area contributed by atoms with Gasteiger partial charge in [0, 0.05) is 6.54 Å². The van der Waals surface area contributed by atoms with Gasteiger partial charge in [-0.2, -0.15) is 0 Å². The maximum atomic E-state index is 12.5. The third-order valence-corrected chi connectivity index (χ3v) is 3.96. The van der Waals surface area contributed by atoms with Crippen molar-refractivity contribution in [3.8, 4) is 0 Å². The number of urea groups is 1. The van der Waals surface area contributed by atoms with Gasteiger partial charge in [-0.15, -0.1) is 0 Å². The Balaban J connectivity index is 1.98. The minimum absolute atomic E-state index is 0.129. The summed E-state index contributed by atoms with van der Waals surface area (Å²) in [5.41, 5.74) is 0.291. The van der Waals surface area contributed by atoms with Gasteiger partial charge in [0.15, 0.2) is 0 Å². The number of nitrogens with one attached hydrogen (secondary N) is 1. The van der Waals surface area contributed by atoms with Crippen LogP contribution in [0.15, 0.2) is 36.4 Å². The molecule has 22 heavy (non-hydrogen) atoms. The fraction of sp³-hybridized carbons (Fsp3) is 0.444. The molecule has 1 aliphatic rings. The monoisotopic (exact) mass is 300 g/mol. The largest absolute Gasteiger partial charge is 0.325 e. The highest BCUT2D eigenvalue weighted by Crippen LogP contribution is 2.24. The Labute approximate surface area is 132 Å². The normalized spacial score (nSPS) is 21.9. The zero-order chi connectivity index (χ0) is 16.2. The minimum atomic E-state index is -0.762. The number of hydrogen-bond acceptors (Lipinski definition) is 2. The van der Waals surface area contributed by atoms with Gasteiger partial charge < -0.3 is 5.32 Å². The van der Waals surface area contributed by atoms with Crippen molar-refractivity contribution in [3.63, 3.8) is 0 Å². The van der Waals surface area contributed by atoms with E-state index in [1.54, 1.807) is 0 Å². The van der Waals surface area contributed by atoms with E-state index < -0.39 is 5.54 Å². The van der Waals surface area contributed by atoms with Gasteiger partial charge in [-0.3, -0.25) is 9.69 Å². The van der Waals surface area contributed by atoms with Gasteiger partial charge in [0.1, 0.15) is 5.54 Å². The smallest absolute Gasteiger partial charge is 0.323 e. The molecule has 4 heteroatoms.